The Kier molecular flexibility index (Phi) is 4.40. The first-order chi connectivity index (χ1) is 9.91. The third kappa shape index (κ3) is 3.68. The lowest BCUT2D eigenvalue weighted by Crippen LogP contribution is -2.08. The minimum atomic E-state index is -4.71. The lowest BCUT2D eigenvalue weighted by Gasteiger charge is -2.10. The molecular weight excluding hydrogens is 286 g/mol. The van der Waals surface area contributed by atoms with Gasteiger partial charge in [0.2, 0.25) is 5.95 Å². The average molecular weight is 299 g/mol. The maximum atomic E-state index is 13.6. The van der Waals surface area contributed by atoms with E-state index in [0.29, 0.717) is 24.3 Å². The van der Waals surface area contributed by atoms with E-state index in [9.17, 15) is 17.6 Å². The van der Waals surface area contributed by atoms with E-state index in [1.807, 2.05) is 6.92 Å². The molecule has 0 amide bonds. The van der Waals surface area contributed by atoms with Gasteiger partial charge >= 0.3 is 6.18 Å². The van der Waals surface area contributed by atoms with Gasteiger partial charge in [-0.25, -0.2) is 14.4 Å². The van der Waals surface area contributed by atoms with E-state index in [-0.39, 0.29) is 5.56 Å². The quantitative estimate of drug-likeness (QED) is 0.863. The summed E-state index contributed by atoms with van der Waals surface area (Å²) < 4.78 is 51.1. The Balaban J connectivity index is 2.32. The molecule has 0 unspecified atom stereocenters. The van der Waals surface area contributed by atoms with Gasteiger partial charge < -0.3 is 5.32 Å². The van der Waals surface area contributed by atoms with Crippen LogP contribution in [-0.2, 0) is 6.18 Å². The Morgan fingerprint density at radius 1 is 1.19 bits per heavy atom. The van der Waals surface area contributed by atoms with Crippen molar-refractivity contribution in [3.05, 3.63) is 41.8 Å². The summed E-state index contributed by atoms with van der Waals surface area (Å²) in [7, 11) is 0. The fraction of sp³-hybridized carbons (Fsp3) is 0.286. The van der Waals surface area contributed by atoms with Crippen LogP contribution >= 0.6 is 0 Å². The van der Waals surface area contributed by atoms with Crippen molar-refractivity contribution in [1.29, 1.82) is 0 Å². The zero-order chi connectivity index (χ0) is 15.5. The van der Waals surface area contributed by atoms with Gasteiger partial charge in [0.15, 0.2) is 0 Å². The third-order valence-electron chi connectivity index (χ3n) is 2.76. The number of alkyl halides is 3. The summed E-state index contributed by atoms with van der Waals surface area (Å²) in [6, 6.07) is 4.25. The number of aromatic nitrogens is 2. The van der Waals surface area contributed by atoms with E-state index >= 15 is 0 Å². The van der Waals surface area contributed by atoms with E-state index in [1.54, 1.807) is 0 Å². The average Bonchev–Trinajstić information content (AvgIpc) is 2.44. The minimum absolute atomic E-state index is 0.266. The third-order valence-corrected chi connectivity index (χ3v) is 2.76. The van der Waals surface area contributed by atoms with Crippen molar-refractivity contribution < 1.29 is 17.6 Å². The minimum Gasteiger partial charge on any atom is -0.354 e. The summed E-state index contributed by atoms with van der Waals surface area (Å²) in [6.07, 6.45) is -2.36. The number of rotatable bonds is 4. The van der Waals surface area contributed by atoms with Gasteiger partial charge in [0.25, 0.3) is 0 Å². The summed E-state index contributed by atoms with van der Waals surface area (Å²) in [5, 5.41) is 2.96. The Hall–Kier alpha value is -2.18. The number of benzene rings is 1. The molecule has 0 fully saturated rings. The molecule has 0 saturated heterocycles. The van der Waals surface area contributed by atoms with E-state index in [4.69, 9.17) is 0 Å². The van der Waals surface area contributed by atoms with Crippen LogP contribution in [0.25, 0.3) is 11.3 Å². The number of hydrogen-bond acceptors (Lipinski definition) is 3. The molecule has 1 aromatic heterocycles. The Morgan fingerprint density at radius 3 is 2.57 bits per heavy atom. The van der Waals surface area contributed by atoms with Crippen LogP contribution in [0.3, 0.4) is 0 Å². The van der Waals surface area contributed by atoms with Crippen LogP contribution < -0.4 is 5.32 Å². The van der Waals surface area contributed by atoms with E-state index < -0.39 is 17.6 Å². The van der Waals surface area contributed by atoms with Gasteiger partial charge in [-0.2, -0.15) is 13.2 Å². The molecule has 1 N–H and O–H groups in total. The lowest BCUT2D eigenvalue weighted by atomic mass is 10.1. The maximum absolute atomic E-state index is 13.6. The van der Waals surface area contributed by atoms with E-state index in [0.717, 1.165) is 12.5 Å². The molecular formula is C14H13F4N3. The molecule has 0 saturated carbocycles. The zero-order valence-electron chi connectivity index (χ0n) is 11.2. The number of anilines is 1. The number of hydrogen-bond donors (Lipinski definition) is 1. The molecule has 0 aliphatic heterocycles. The van der Waals surface area contributed by atoms with Gasteiger partial charge in [0.1, 0.15) is 5.82 Å². The zero-order valence-corrected chi connectivity index (χ0v) is 11.2. The van der Waals surface area contributed by atoms with Crippen LogP contribution in [0.15, 0.2) is 30.5 Å². The fourth-order valence-corrected chi connectivity index (χ4v) is 1.75. The highest BCUT2D eigenvalue weighted by molar-refractivity contribution is 5.60. The lowest BCUT2D eigenvalue weighted by molar-refractivity contribution is -0.139. The monoisotopic (exact) mass is 299 g/mol. The molecule has 0 aliphatic rings. The Labute approximate surface area is 119 Å². The molecule has 0 atom stereocenters. The van der Waals surface area contributed by atoms with Gasteiger partial charge in [-0.15, -0.1) is 0 Å². The highest BCUT2D eigenvalue weighted by atomic mass is 19.4. The molecule has 2 aromatic rings. The van der Waals surface area contributed by atoms with Gasteiger partial charge in [0.05, 0.1) is 11.3 Å². The first-order valence-corrected chi connectivity index (χ1v) is 6.36. The molecule has 21 heavy (non-hydrogen) atoms. The Bertz CT molecular complexity index is 626. The predicted octanol–water partition coefficient (Wildman–Crippen LogP) is 4.12. The van der Waals surface area contributed by atoms with Crippen LogP contribution in [0, 0.1) is 5.82 Å². The smallest absolute Gasteiger partial charge is 0.354 e. The summed E-state index contributed by atoms with van der Waals surface area (Å²) >= 11 is 0. The number of nitrogens with one attached hydrogen (secondary N) is 1. The molecule has 3 nitrogen and oxygen atoms in total. The van der Waals surface area contributed by atoms with Crippen molar-refractivity contribution in [2.75, 3.05) is 11.9 Å². The SMILES string of the molecule is CCCNc1nccc(-c2ccc(C(F)(F)F)c(F)c2)n1. The van der Waals surface area contributed by atoms with Crippen LogP contribution in [0.2, 0.25) is 0 Å². The largest absolute Gasteiger partial charge is 0.419 e. The van der Waals surface area contributed by atoms with Crippen LogP contribution in [-0.4, -0.2) is 16.5 Å². The van der Waals surface area contributed by atoms with Crippen LogP contribution in [0.4, 0.5) is 23.5 Å². The van der Waals surface area contributed by atoms with Crippen molar-refractivity contribution >= 4 is 5.95 Å². The van der Waals surface area contributed by atoms with Gasteiger partial charge in [-0.1, -0.05) is 13.0 Å². The van der Waals surface area contributed by atoms with Crippen LogP contribution in [0.1, 0.15) is 18.9 Å². The second-order valence-corrected chi connectivity index (χ2v) is 4.38. The maximum Gasteiger partial charge on any atom is 0.419 e. The molecule has 0 bridgehead atoms. The Morgan fingerprint density at radius 2 is 1.95 bits per heavy atom. The molecule has 0 aliphatic carbocycles. The summed E-state index contributed by atoms with van der Waals surface area (Å²) in [4.78, 5) is 8.13. The molecule has 2 rings (SSSR count). The fourth-order valence-electron chi connectivity index (χ4n) is 1.75. The molecule has 1 aromatic carbocycles. The second kappa shape index (κ2) is 6.07. The summed E-state index contributed by atoms with van der Waals surface area (Å²) in [5.74, 6) is -0.962. The first-order valence-electron chi connectivity index (χ1n) is 6.36. The van der Waals surface area contributed by atoms with Gasteiger partial charge in [-0.3, -0.25) is 0 Å². The van der Waals surface area contributed by atoms with E-state index in [2.05, 4.69) is 15.3 Å². The molecule has 1 heterocycles. The van der Waals surface area contributed by atoms with Crippen molar-refractivity contribution in [3.63, 3.8) is 0 Å². The van der Waals surface area contributed by atoms with E-state index in [1.165, 1.54) is 18.3 Å². The molecule has 0 spiro atoms. The molecule has 112 valence electrons. The van der Waals surface area contributed by atoms with Crippen molar-refractivity contribution in [2.24, 2.45) is 0 Å². The molecule has 7 heteroatoms. The highest BCUT2D eigenvalue weighted by Crippen LogP contribution is 2.33. The van der Waals surface area contributed by atoms with Crippen LogP contribution in [0.5, 0.6) is 0 Å². The first kappa shape index (κ1) is 15.2. The normalized spacial score (nSPS) is 11.5. The topological polar surface area (TPSA) is 37.8 Å². The van der Waals surface area contributed by atoms with Gasteiger partial charge in [0, 0.05) is 18.3 Å². The van der Waals surface area contributed by atoms with Gasteiger partial charge in [-0.05, 0) is 24.6 Å². The molecule has 0 radical (unpaired) electrons. The predicted molar refractivity (Wildman–Crippen MR) is 71.2 cm³/mol. The van der Waals surface area contributed by atoms with Crippen molar-refractivity contribution in [3.8, 4) is 11.3 Å². The standard InChI is InChI=1S/C14H13F4N3/c1-2-6-19-13-20-7-5-12(21-13)9-3-4-10(11(15)8-9)14(16,17)18/h3-5,7-8H,2,6H2,1H3,(H,19,20,21). The summed E-state index contributed by atoms with van der Waals surface area (Å²) in [5.41, 5.74) is -0.664. The van der Waals surface area contributed by atoms with Crippen molar-refractivity contribution in [1.82, 2.24) is 9.97 Å². The number of halogens is 4. The summed E-state index contributed by atoms with van der Waals surface area (Å²) in [6.45, 7) is 2.65. The second-order valence-electron chi connectivity index (χ2n) is 4.38. The highest BCUT2D eigenvalue weighted by Gasteiger charge is 2.33. The van der Waals surface area contributed by atoms with Crippen molar-refractivity contribution in [2.45, 2.75) is 19.5 Å². The number of nitrogens with zero attached hydrogens (tertiary/aromatic N) is 2.